The minimum Gasteiger partial charge on any atom is -0.473 e. The Labute approximate surface area is 154 Å². The average molecular weight is 417 g/mol. The summed E-state index contributed by atoms with van der Waals surface area (Å²) in [5.74, 6) is -2.29. The molecule has 2 aliphatic heterocycles. The molecule has 0 amide bonds. The highest BCUT2D eigenvalue weighted by Gasteiger charge is 2.29. The van der Waals surface area contributed by atoms with Gasteiger partial charge in [0.2, 0.25) is 0 Å². The van der Waals surface area contributed by atoms with Gasteiger partial charge in [0.15, 0.2) is 0 Å². The molecule has 154 valence electrons. The summed E-state index contributed by atoms with van der Waals surface area (Å²) in [6.45, 7) is 5.74. The third-order valence-corrected chi connectivity index (χ3v) is 6.10. The first-order valence-electron chi connectivity index (χ1n) is 7.90. The third-order valence-electron chi connectivity index (χ3n) is 4.03. The highest BCUT2D eigenvalue weighted by atomic mass is 32.2. The summed E-state index contributed by atoms with van der Waals surface area (Å²) in [4.78, 5) is 18.2. The van der Waals surface area contributed by atoms with Gasteiger partial charge < -0.3 is 20.8 Å². The summed E-state index contributed by atoms with van der Waals surface area (Å²) < 4.78 is 43.0. The topological polar surface area (TPSA) is 167 Å². The SMILES string of the molecule is C[C@H]1NC[C@@H]1CS(C)(=O)=O.C[C@H]1NC[C@@H]1CS(C)(=O)=O.O=C(O)C(=O)O. The Bertz CT molecular complexity index is 630. The van der Waals surface area contributed by atoms with Crippen molar-refractivity contribution < 1.29 is 36.6 Å². The Hall–Kier alpha value is -1.24. The number of hydrogen-bond acceptors (Lipinski definition) is 8. The molecule has 2 saturated heterocycles. The molecule has 2 rings (SSSR count). The Balaban J connectivity index is 0.000000375. The maximum absolute atomic E-state index is 10.8. The van der Waals surface area contributed by atoms with Crippen molar-refractivity contribution in [3.05, 3.63) is 0 Å². The van der Waals surface area contributed by atoms with Crippen molar-refractivity contribution in [1.82, 2.24) is 10.6 Å². The number of carbonyl (C=O) groups is 2. The number of aliphatic carboxylic acids is 2. The summed E-state index contributed by atoms with van der Waals surface area (Å²) in [6.07, 6.45) is 2.58. The number of carboxylic acid groups (broad SMARTS) is 2. The summed E-state index contributed by atoms with van der Waals surface area (Å²) in [6, 6.07) is 0.768. The minimum absolute atomic E-state index is 0.334. The first kappa shape index (κ1) is 24.8. The number of hydrogen-bond donors (Lipinski definition) is 4. The van der Waals surface area contributed by atoms with Gasteiger partial charge in [-0.15, -0.1) is 0 Å². The van der Waals surface area contributed by atoms with Crippen LogP contribution in [0, 0.1) is 11.8 Å². The molecule has 0 radical (unpaired) electrons. The van der Waals surface area contributed by atoms with Gasteiger partial charge in [0, 0.05) is 49.5 Å². The molecule has 0 aromatic heterocycles. The molecule has 0 aliphatic carbocycles. The highest BCUT2D eigenvalue weighted by Crippen LogP contribution is 2.14. The lowest BCUT2D eigenvalue weighted by molar-refractivity contribution is -0.159. The molecular formula is C14H28N2O8S2. The van der Waals surface area contributed by atoms with Crippen LogP contribution in [0.5, 0.6) is 0 Å². The summed E-state index contributed by atoms with van der Waals surface area (Å²) in [5.41, 5.74) is 0. The van der Waals surface area contributed by atoms with E-state index in [9.17, 15) is 16.8 Å². The quantitative estimate of drug-likeness (QED) is 0.393. The van der Waals surface area contributed by atoms with Crippen molar-refractivity contribution in [2.24, 2.45) is 11.8 Å². The van der Waals surface area contributed by atoms with Gasteiger partial charge in [-0.3, -0.25) is 0 Å². The fourth-order valence-electron chi connectivity index (χ4n) is 2.22. The van der Waals surface area contributed by atoms with Gasteiger partial charge in [-0.2, -0.15) is 0 Å². The Morgan fingerprint density at radius 3 is 1.12 bits per heavy atom. The number of sulfone groups is 2. The van der Waals surface area contributed by atoms with Crippen molar-refractivity contribution in [2.45, 2.75) is 25.9 Å². The predicted molar refractivity (Wildman–Crippen MR) is 96.6 cm³/mol. The van der Waals surface area contributed by atoms with Crippen LogP contribution >= 0.6 is 0 Å². The fourth-order valence-corrected chi connectivity index (χ4v) is 4.59. The van der Waals surface area contributed by atoms with E-state index in [0.717, 1.165) is 13.1 Å². The van der Waals surface area contributed by atoms with E-state index in [4.69, 9.17) is 19.8 Å². The number of carboxylic acids is 2. The van der Waals surface area contributed by atoms with E-state index < -0.39 is 31.6 Å². The molecule has 2 fully saturated rings. The van der Waals surface area contributed by atoms with E-state index in [1.165, 1.54) is 12.5 Å². The second-order valence-electron chi connectivity index (χ2n) is 6.71. The molecule has 0 unspecified atom stereocenters. The molecule has 10 nitrogen and oxygen atoms in total. The molecule has 0 saturated carbocycles. The fraction of sp³-hybridized carbons (Fsp3) is 0.857. The van der Waals surface area contributed by atoms with E-state index in [1.807, 2.05) is 13.8 Å². The molecule has 0 aromatic carbocycles. The van der Waals surface area contributed by atoms with E-state index in [-0.39, 0.29) is 0 Å². The number of nitrogens with one attached hydrogen (secondary N) is 2. The Morgan fingerprint density at radius 2 is 1.08 bits per heavy atom. The molecule has 2 aliphatic rings. The van der Waals surface area contributed by atoms with Crippen molar-refractivity contribution in [2.75, 3.05) is 37.1 Å². The van der Waals surface area contributed by atoms with Crippen LogP contribution in [0.4, 0.5) is 0 Å². The Kier molecular flexibility index (Phi) is 9.70. The maximum atomic E-state index is 10.8. The molecule has 0 spiro atoms. The molecule has 12 heteroatoms. The average Bonchev–Trinajstić information content (AvgIpc) is 2.47. The Morgan fingerprint density at radius 1 is 0.808 bits per heavy atom. The van der Waals surface area contributed by atoms with Gasteiger partial charge in [-0.05, 0) is 13.8 Å². The first-order valence-corrected chi connectivity index (χ1v) is 12.0. The van der Waals surface area contributed by atoms with Crippen LogP contribution in [0.3, 0.4) is 0 Å². The summed E-state index contributed by atoms with van der Waals surface area (Å²) in [5, 5.41) is 21.0. The van der Waals surface area contributed by atoms with E-state index in [2.05, 4.69) is 10.6 Å². The van der Waals surface area contributed by atoms with Crippen LogP contribution in [0.25, 0.3) is 0 Å². The van der Waals surface area contributed by atoms with Crippen molar-refractivity contribution in [3.63, 3.8) is 0 Å². The van der Waals surface area contributed by atoms with Crippen LogP contribution < -0.4 is 10.6 Å². The molecule has 2 heterocycles. The highest BCUT2D eigenvalue weighted by molar-refractivity contribution is 7.90. The van der Waals surface area contributed by atoms with Gasteiger partial charge in [-0.1, -0.05) is 0 Å². The molecule has 4 atom stereocenters. The van der Waals surface area contributed by atoms with Crippen LogP contribution in [0.1, 0.15) is 13.8 Å². The third kappa shape index (κ3) is 11.4. The summed E-state index contributed by atoms with van der Waals surface area (Å²) in [7, 11) is -5.51. The van der Waals surface area contributed by atoms with Crippen LogP contribution in [0.15, 0.2) is 0 Å². The lowest BCUT2D eigenvalue weighted by Gasteiger charge is -2.34. The molecule has 4 N–H and O–H groups in total. The number of rotatable bonds is 4. The van der Waals surface area contributed by atoms with Crippen LogP contribution in [-0.2, 0) is 29.3 Å². The first-order chi connectivity index (χ1) is 11.6. The van der Waals surface area contributed by atoms with Crippen molar-refractivity contribution in [3.8, 4) is 0 Å². The standard InChI is InChI=1S/2C6H13NO2S.C2H2O4/c2*1-5-6(3-7-5)4-10(2,8)9;3-1(4)2(5)6/h2*5-7H,3-4H2,1-2H3;(H,3,4)(H,5,6)/t2*5-,6-;/m11./s1. The second kappa shape index (κ2) is 10.2. The van der Waals surface area contributed by atoms with E-state index >= 15 is 0 Å². The molecule has 0 bridgehead atoms. The van der Waals surface area contributed by atoms with Gasteiger partial charge >= 0.3 is 11.9 Å². The monoisotopic (exact) mass is 416 g/mol. The summed E-state index contributed by atoms with van der Waals surface area (Å²) >= 11 is 0. The lowest BCUT2D eigenvalue weighted by Crippen LogP contribution is -2.53. The second-order valence-corrected chi connectivity index (χ2v) is 11.1. The minimum atomic E-state index is -2.76. The molecule has 0 aromatic rings. The normalized spacial score (nSPS) is 27.4. The van der Waals surface area contributed by atoms with Crippen molar-refractivity contribution >= 4 is 31.6 Å². The van der Waals surface area contributed by atoms with Gasteiger partial charge in [-0.25, -0.2) is 26.4 Å². The predicted octanol–water partition coefficient (Wildman–Crippen LogP) is -1.57. The zero-order valence-electron chi connectivity index (χ0n) is 15.3. The van der Waals surface area contributed by atoms with Crippen LogP contribution in [-0.4, -0.2) is 88.2 Å². The van der Waals surface area contributed by atoms with Crippen LogP contribution in [0.2, 0.25) is 0 Å². The van der Waals surface area contributed by atoms with Gasteiger partial charge in [0.1, 0.15) is 19.7 Å². The van der Waals surface area contributed by atoms with Gasteiger partial charge in [0.05, 0.1) is 11.5 Å². The van der Waals surface area contributed by atoms with Crippen molar-refractivity contribution in [1.29, 1.82) is 0 Å². The van der Waals surface area contributed by atoms with E-state index in [0.29, 0.717) is 35.4 Å². The van der Waals surface area contributed by atoms with E-state index in [1.54, 1.807) is 0 Å². The molecular weight excluding hydrogens is 388 g/mol. The largest absolute Gasteiger partial charge is 0.473 e. The zero-order valence-corrected chi connectivity index (χ0v) is 16.9. The maximum Gasteiger partial charge on any atom is 0.414 e. The van der Waals surface area contributed by atoms with Gasteiger partial charge in [0.25, 0.3) is 0 Å². The lowest BCUT2D eigenvalue weighted by atomic mass is 9.96. The zero-order chi connectivity index (χ0) is 20.7. The molecule has 26 heavy (non-hydrogen) atoms. The smallest absolute Gasteiger partial charge is 0.414 e.